The van der Waals surface area contributed by atoms with Crippen molar-refractivity contribution < 1.29 is 9.84 Å². The predicted octanol–water partition coefficient (Wildman–Crippen LogP) is 1.97. The van der Waals surface area contributed by atoms with Gasteiger partial charge in [0.1, 0.15) is 12.4 Å². The van der Waals surface area contributed by atoms with Crippen molar-refractivity contribution in [2.45, 2.75) is 39.3 Å². The van der Waals surface area contributed by atoms with E-state index in [9.17, 15) is 5.11 Å². The van der Waals surface area contributed by atoms with Gasteiger partial charge in [0.2, 0.25) is 0 Å². The minimum atomic E-state index is -0.0148. The number of aryl methyl sites for hydroxylation is 2. The van der Waals surface area contributed by atoms with Crippen molar-refractivity contribution >= 4 is 5.96 Å². The van der Waals surface area contributed by atoms with E-state index in [0.717, 1.165) is 57.3 Å². The summed E-state index contributed by atoms with van der Waals surface area (Å²) >= 11 is 0. The molecular formula is C22H33N5O2. The topological polar surface area (TPSA) is 83.7 Å². The molecule has 7 nitrogen and oxygen atoms in total. The van der Waals surface area contributed by atoms with Gasteiger partial charge in [0, 0.05) is 50.7 Å². The second-order valence-corrected chi connectivity index (χ2v) is 7.60. The summed E-state index contributed by atoms with van der Waals surface area (Å²) in [4.78, 5) is 9.22. The van der Waals surface area contributed by atoms with Gasteiger partial charge in [0.05, 0.1) is 6.61 Å². The summed E-state index contributed by atoms with van der Waals surface area (Å²) in [7, 11) is 0. The largest absolute Gasteiger partial charge is 0.396 e. The summed E-state index contributed by atoms with van der Waals surface area (Å²) in [6.07, 6.45) is 6.52. The van der Waals surface area contributed by atoms with Crippen LogP contribution in [0.2, 0.25) is 0 Å². The van der Waals surface area contributed by atoms with E-state index in [1.807, 2.05) is 18.5 Å². The first kappa shape index (κ1) is 21.3. The molecule has 2 aromatic rings. The third-order valence-corrected chi connectivity index (χ3v) is 5.47. The number of ether oxygens (including phenoxy) is 1. The maximum atomic E-state index is 9.41. The summed E-state index contributed by atoms with van der Waals surface area (Å²) < 4.78 is 7.74. The summed E-state index contributed by atoms with van der Waals surface area (Å²) in [6.45, 7) is 6.60. The van der Waals surface area contributed by atoms with E-state index < -0.39 is 0 Å². The Morgan fingerprint density at radius 2 is 2.17 bits per heavy atom. The van der Waals surface area contributed by atoms with Crippen molar-refractivity contribution in [2.24, 2.45) is 10.4 Å². The lowest BCUT2D eigenvalue weighted by Gasteiger charge is -2.27. The number of guanidine groups is 1. The zero-order chi connectivity index (χ0) is 20.4. The van der Waals surface area contributed by atoms with Gasteiger partial charge in [0.15, 0.2) is 5.96 Å². The molecule has 7 heteroatoms. The molecule has 0 bridgehead atoms. The maximum absolute atomic E-state index is 9.41. The number of aliphatic imine (C=N–C) groups is 1. The normalized spacial score (nSPS) is 19.4. The van der Waals surface area contributed by atoms with E-state index in [1.54, 1.807) is 0 Å². The van der Waals surface area contributed by atoms with Gasteiger partial charge in [-0.2, -0.15) is 0 Å². The molecular weight excluding hydrogens is 366 g/mol. The maximum Gasteiger partial charge on any atom is 0.191 e. The van der Waals surface area contributed by atoms with Crippen LogP contribution in [0.1, 0.15) is 31.2 Å². The molecule has 1 fully saturated rings. The fourth-order valence-electron chi connectivity index (χ4n) is 3.66. The van der Waals surface area contributed by atoms with Crippen LogP contribution in [0.4, 0.5) is 0 Å². The highest BCUT2D eigenvalue weighted by atomic mass is 16.5. The molecule has 1 atom stereocenters. The lowest BCUT2D eigenvalue weighted by molar-refractivity contribution is 0.127. The average molecular weight is 400 g/mol. The number of nitrogens with one attached hydrogen (secondary N) is 2. The van der Waals surface area contributed by atoms with Gasteiger partial charge in [-0.25, -0.2) is 9.98 Å². The van der Waals surface area contributed by atoms with E-state index in [4.69, 9.17) is 9.73 Å². The molecule has 1 unspecified atom stereocenters. The Morgan fingerprint density at radius 3 is 2.90 bits per heavy atom. The van der Waals surface area contributed by atoms with Crippen LogP contribution in [0, 0.1) is 5.41 Å². The Labute approximate surface area is 173 Å². The molecule has 29 heavy (non-hydrogen) atoms. The lowest BCUT2D eigenvalue weighted by Crippen LogP contribution is -2.44. The van der Waals surface area contributed by atoms with E-state index in [-0.39, 0.29) is 12.0 Å². The summed E-state index contributed by atoms with van der Waals surface area (Å²) in [6, 6.07) is 10.5. The highest BCUT2D eigenvalue weighted by Crippen LogP contribution is 2.31. The number of rotatable bonds is 10. The summed E-state index contributed by atoms with van der Waals surface area (Å²) in [5.41, 5.74) is 1.30. The number of benzene rings is 1. The smallest absolute Gasteiger partial charge is 0.191 e. The zero-order valence-electron chi connectivity index (χ0n) is 17.3. The molecule has 3 rings (SSSR count). The fraction of sp³-hybridized carbons (Fsp3) is 0.545. The number of aliphatic hydroxyl groups excluding tert-OH is 1. The molecule has 1 aliphatic heterocycles. The third-order valence-electron chi connectivity index (χ3n) is 5.47. The van der Waals surface area contributed by atoms with Gasteiger partial charge in [-0.3, -0.25) is 0 Å². The van der Waals surface area contributed by atoms with Gasteiger partial charge in [-0.1, -0.05) is 30.3 Å². The van der Waals surface area contributed by atoms with Gasteiger partial charge < -0.3 is 25.0 Å². The molecule has 158 valence electrons. The standard InChI is InChI=1S/C22H33N5O2/c1-2-23-21(26-17-22(9-14-28)10-15-29-18-22)25-16-20-24-11-13-27(20)12-8-19-6-4-3-5-7-19/h3-7,11,13,28H,2,8-10,12,14-18H2,1H3,(H2,23,25,26). The Kier molecular flexibility index (Phi) is 8.07. The Morgan fingerprint density at radius 1 is 1.31 bits per heavy atom. The van der Waals surface area contributed by atoms with Gasteiger partial charge >= 0.3 is 0 Å². The monoisotopic (exact) mass is 399 g/mol. The number of nitrogens with zero attached hydrogens (tertiary/aromatic N) is 3. The lowest BCUT2D eigenvalue weighted by atomic mass is 9.84. The van der Waals surface area contributed by atoms with Crippen LogP contribution in [0.5, 0.6) is 0 Å². The molecule has 1 aromatic heterocycles. The quantitative estimate of drug-likeness (QED) is 0.420. The first-order chi connectivity index (χ1) is 14.2. The van der Waals surface area contributed by atoms with Crippen LogP contribution in [0.25, 0.3) is 0 Å². The number of imidazole rings is 1. The molecule has 0 spiro atoms. The van der Waals surface area contributed by atoms with E-state index in [2.05, 4.69) is 51.4 Å². The third kappa shape index (κ3) is 6.30. The van der Waals surface area contributed by atoms with Gasteiger partial charge in [-0.15, -0.1) is 0 Å². The molecule has 3 N–H and O–H groups in total. The van der Waals surface area contributed by atoms with Crippen LogP contribution in [-0.2, 0) is 24.2 Å². The van der Waals surface area contributed by atoms with Crippen LogP contribution >= 0.6 is 0 Å². The molecule has 0 saturated carbocycles. The van der Waals surface area contributed by atoms with Gasteiger partial charge in [-0.05, 0) is 31.7 Å². The fourth-order valence-corrected chi connectivity index (χ4v) is 3.66. The van der Waals surface area contributed by atoms with Crippen LogP contribution in [-0.4, -0.2) is 53.5 Å². The molecule has 0 radical (unpaired) electrons. The predicted molar refractivity (Wildman–Crippen MR) is 115 cm³/mol. The van der Waals surface area contributed by atoms with Crippen LogP contribution in [0.3, 0.4) is 0 Å². The van der Waals surface area contributed by atoms with Crippen LogP contribution in [0.15, 0.2) is 47.7 Å². The van der Waals surface area contributed by atoms with E-state index >= 15 is 0 Å². The number of hydrogen-bond donors (Lipinski definition) is 3. The van der Waals surface area contributed by atoms with E-state index in [1.165, 1.54) is 5.56 Å². The highest BCUT2D eigenvalue weighted by Gasteiger charge is 2.34. The first-order valence-electron chi connectivity index (χ1n) is 10.5. The zero-order valence-corrected chi connectivity index (χ0v) is 17.3. The Balaban J connectivity index is 1.58. The number of hydrogen-bond acceptors (Lipinski definition) is 4. The number of aliphatic hydroxyl groups is 1. The van der Waals surface area contributed by atoms with Crippen molar-refractivity contribution in [3.8, 4) is 0 Å². The molecule has 0 amide bonds. The SMILES string of the molecule is CCNC(=NCc1nccn1CCc1ccccc1)NCC1(CCO)CCOC1. The second-order valence-electron chi connectivity index (χ2n) is 7.60. The summed E-state index contributed by atoms with van der Waals surface area (Å²) in [5.74, 6) is 1.72. The average Bonchev–Trinajstić information content (AvgIpc) is 3.39. The molecule has 1 saturated heterocycles. The van der Waals surface area contributed by atoms with Crippen molar-refractivity contribution in [1.82, 2.24) is 20.2 Å². The number of aromatic nitrogens is 2. The van der Waals surface area contributed by atoms with Crippen molar-refractivity contribution in [2.75, 3.05) is 32.9 Å². The first-order valence-corrected chi connectivity index (χ1v) is 10.5. The second kappa shape index (κ2) is 11.0. The molecule has 1 aliphatic rings. The summed E-state index contributed by atoms with van der Waals surface area (Å²) in [5, 5.41) is 16.2. The molecule has 0 aliphatic carbocycles. The van der Waals surface area contributed by atoms with Crippen molar-refractivity contribution in [1.29, 1.82) is 0 Å². The van der Waals surface area contributed by atoms with Crippen molar-refractivity contribution in [3.63, 3.8) is 0 Å². The minimum absolute atomic E-state index is 0.0148. The minimum Gasteiger partial charge on any atom is -0.396 e. The molecule has 2 heterocycles. The van der Waals surface area contributed by atoms with E-state index in [0.29, 0.717) is 13.2 Å². The Bertz CT molecular complexity index is 754. The Hall–Kier alpha value is -2.38. The van der Waals surface area contributed by atoms with Gasteiger partial charge in [0.25, 0.3) is 0 Å². The van der Waals surface area contributed by atoms with Crippen molar-refractivity contribution in [3.05, 3.63) is 54.1 Å². The highest BCUT2D eigenvalue weighted by molar-refractivity contribution is 5.79. The van der Waals surface area contributed by atoms with Crippen LogP contribution < -0.4 is 10.6 Å². The molecule has 1 aromatic carbocycles.